The maximum Gasteiger partial charge on any atom is 0.321 e. The number of likely N-dealkylation sites (tertiary alicyclic amines) is 1. The van der Waals surface area contributed by atoms with Gasteiger partial charge in [0.2, 0.25) is 5.01 Å². The molecule has 1 fully saturated rings. The molecular weight excluding hydrogens is 398 g/mol. The molecule has 30 heavy (non-hydrogen) atoms. The molecule has 154 valence electrons. The van der Waals surface area contributed by atoms with Crippen LogP contribution in [0.3, 0.4) is 0 Å². The average Bonchev–Trinajstić information content (AvgIpc) is 3.27. The zero-order valence-electron chi connectivity index (χ0n) is 16.7. The van der Waals surface area contributed by atoms with Crippen molar-refractivity contribution in [2.24, 2.45) is 0 Å². The van der Waals surface area contributed by atoms with Gasteiger partial charge in [-0.05, 0) is 44.0 Å². The van der Waals surface area contributed by atoms with Crippen LogP contribution in [0.2, 0.25) is 0 Å². The monoisotopic (exact) mass is 421 g/mol. The summed E-state index contributed by atoms with van der Waals surface area (Å²) >= 11 is 1.33. The summed E-state index contributed by atoms with van der Waals surface area (Å²) < 4.78 is 0. The largest absolute Gasteiger partial charge is 0.324 e. The number of nitrogens with zero attached hydrogens (tertiary/aromatic N) is 3. The lowest BCUT2D eigenvalue weighted by atomic mass is 9.98. The van der Waals surface area contributed by atoms with E-state index in [2.05, 4.69) is 20.8 Å². The zero-order valence-corrected chi connectivity index (χ0v) is 17.5. The Bertz CT molecular complexity index is 1010. The molecular formula is C22H23N5O2S. The van der Waals surface area contributed by atoms with Gasteiger partial charge >= 0.3 is 6.03 Å². The van der Waals surface area contributed by atoms with Crippen LogP contribution in [0, 0.1) is 6.92 Å². The van der Waals surface area contributed by atoms with Gasteiger partial charge in [-0.2, -0.15) is 0 Å². The van der Waals surface area contributed by atoms with Gasteiger partial charge < -0.3 is 15.5 Å². The first-order chi connectivity index (χ1) is 14.6. The fourth-order valence-electron chi connectivity index (χ4n) is 3.37. The Morgan fingerprint density at radius 3 is 2.30 bits per heavy atom. The minimum absolute atomic E-state index is 0.0879. The highest BCUT2D eigenvalue weighted by atomic mass is 32.1. The van der Waals surface area contributed by atoms with Crippen LogP contribution in [0.4, 0.5) is 16.2 Å². The van der Waals surface area contributed by atoms with Crippen LogP contribution >= 0.6 is 11.3 Å². The lowest BCUT2D eigenvalue weighted by Crippen LogP contribution is -2.40. The van der Waals surface area contributed by atoms with E-state index in [9.17, 15) is 9.59 Å². The van der Waals surface area contributed by atoms with Crippen molar-refractivity contribution in [3.05, 3.63) is 70.2 Å². The standard InChI is InChI=1S/C22H23N5O2S/c1-15-7-9-18(10-8-15)23-19(28)21-26-25-20(30-21)16-11-13-27(14-12-16)22(29)24-17-5-3-2-4-6-17/h2-10,16H,11-14H2,1H3,(H,23,28)(H,24,29). The molecule has 7 nitrogen and oxygen atoms in total. The van der Waals surface area contributed by atoms with Crippen molar-refractivity contribution < 1.29 is 9.59 Å². The summed E-state index contributed by atoms with van der Waals surface area (Å²) in [5, 5.41) is 15.3. The molecule has 1 aliphatic rings. The van der Waals surface area contributed by atoms with Gasteiger partial charge in [-0.3, -0.25) is 4.79 Å². The van der Waals surface area contributed by atoms with Crippen LogP contribution in [-0.2, 0) is 0 Å². The summed E-state index contributed by atoms with van der Waals surface area (Å²) in [5.41, 5.74) is 2.66. The molecule has 0 radical (unpaired) electrons. The summed E-state index contributed by atoms with van der Waals surface area (Å²) in [6.45, 7) is 3.29. The molecule has 1 aromatic heterocycles. The topological polar surface area (TPSA) is 87.2 Å². The van der Waals surface area contributed by atoms with E-state index in [0.717, 1.165) is 34.8 Å². The molecule has 0 atom stereocenters. The molecule has 1 aliphatic heterocycles. The summed E-state index contributed by atoms with van der Waals surface area (Å²) in [6, 6.07) is 17.0. The minimum atomic E-state index is -0.248. The van der Waals surface area contributed by atoms with Gasteiger partial charge in [0.25, 0.3) is 5.91 Å². The van der Waals surface area contributed by atoms with Crippen molar-refractivity contribution >= 4 is 34.6 Å². The fraction of sp³-hybridized carbons (Fsp3) is 0.273. The Morgan fingerprint density at radius 2 is 1.60 bits per heavy atom. The van der Waals surface area contributed by atoms with Crippen LogP contribution in [0.25, 0.3) is 0 Å². The predicted molar refractivity (Wildman–Crippen MR) is 118 cm³/mol. The molecule has 8 heteroatoms. The first kappa shape index (κ1) is 20.0. The highest BCUT2D eigenvalue weighted by Crippen LogP contribution is 2.30. The number of carbonyl (C=O) groups is 2. The highest BCUT2D eigenvalue weighted by Gasteiger charge is 2.27. The maximum atomic E-state index is 12.4. The van der Waals surface area contributed by atoms with Gasteiger partial charge in [-0.15, -0.1) is 10.2 Å². The molecule has 1 saturated heterocycles. The average molecular weight is 422 g/mol. The van der Waals surface area contributed by atoms with E-state index in [-0.39, 0.29) is 17.9 Å². The van der Waals surface area contributed by atoms with Gasteiger partial charge in [0, 0.05) is 30.4 Å². The third kappa shape index (κ3) is 4.83. The number of aromatic nitrogens is 2. The third-order valence-electron chi connectivity index (χ3n) is 5.10. The van der Waals surface area contributed by atoms with Gasteiger partial charge in [0.05, 0.1) is 0 Å². The molecule has 2 N–H and O–H groups in total. The number of urea groups is 1. The highest BCUT2D eigenvalue weighted by molar-refractivity contribution is 7.13. The van der Waals surface area contributed by atoms with Crippen molar-refractivity contribution in [2.75, 3.05) is 23.7 Å². The summed E-state index contributed by atoms with van der Waals surface area (Å²) in [6.07, 6.45) is 1.60. The normalized spacial score (nSPS) is 14.4. The first-order valence-corrected chi connectivity index (χ1v) is 10.7. The number of hydrogen-bond acceptors (Lipinski definition) is 5. The van der Waals surface area contributed by atoms with Crippen molar-refractivity contribution in [3.8, 4) is 0 Å². The third-order valence-corrected chi connectivity index (χ3v) is 6.19. The molecule has 0 aliphatic carbocycles. The van der Waals surface area contributed by atoms with E-state index in [1.54, 1.807) is 0 Å². The van der Waals surface area contributed by atoms with E-state index in [1.807, 2.05) is 66.4 Å². The lowest BCUT2D eigenvalue weighted by Gasteiger charge is -2.30. The second-order valence-electron chi connectivity index (χ2n) is 7.32. The second-order valence-corrected chi connectivity index (χ2v) is 8.33. The Morgan fingerprint density at radius 1 is 0.933 bits per heavy atom. The number of rotatable bonds is 4. The fourth-order valence-corrected chi connectivity index (χ4v) is 4.27. The minimum Gasteiger partial charge on any atom is -0.324 e. The Balaban J connectivity index is 1.31. The molecule has 2 heterocycles. The number of aryl methyl sites for hydroxylation is 1. The van der Waals surface area contributed by atoms with E-state index in [0.29, 0.717) is 18.1 Å². The van der Waals surface area contributed by atoms with Gasteiger partial charge in [0.15, 0.2) is 0 Å². The van der Waals surface area contributed by atoms with Gasteiger partial charge in [-0.1, -0.05) is 47.2 Å². The molecule has 2 aromatic carbocycles. The number of carbonyl (C=O) groups excluding carboxylic acids is 2. The summed E-state index contributed by atoms with van der Waals surface area (Å²) in [7, 11) is 0. The van der Waals surface area contributed by atoms with E-state index >= 15 is 0 Å². The molecule has 4 rings (SSSR count). The smallest absolute Gasteiger partial charge is 0.321 e. The van der Waals surface area contributed by atoms with Crippen LogP contribution in [0.1, 0.15) is 39.1 Å². The Labute approximate surface area is 179 Å². The van der Waals surface area contributed by atoms with Crippen molar-refractivity contribution in [2.45, 2.75) is 25.7 Å². The lowest BCUT2D eigenvalue weighted by molar-refractivity contribution is 0.102. The molecule has 0 saturated carbocycles. The summed E-state index contributed by atoms with van der Waals surface area (Å²) in [5.74, 6) is -0.0357. The SMILES string of the molecule is Cc1ccc(NC(=O)c2nnc(C3CCN(C(=O)Nc4ccccc4)CC3)s2)cc1. The number of piperidine rings is 1. The summed E-state index contributed by atoms with van der Waals surface area (Å²) in [4.78, 5) is 26.7. The van der Waals surface area contributed by atoms with Crippen molar-refractivity contribution in [3.63, 3.8) is 0 Å². The molecule has 0 spiro atoms. The molecule has 0 unspecified atom stereocenters. The van der Waals surface area contributed by atoms with E-state index < -0.39 is 0 Å². The number of benzene rings is 2. The van der Waals surface area contributed by atoms with Crippen LogP contribution in [0.15, 0.2) is 54.6 Å². The Hall–Kier alpha value is -3.26. The van der Waals surface area contributed by atoms with Crippen LogP contribution in [-0.4, -0.2) is 40.1 Å². The van der Waals surface area contributed by atoms with Gasteiger partial charge in [-0.25, -0.2) is 4.79 Å². The second kappa shape index (κ2) is 9.04. The number of amides is 3. The van der Waals surface area contributed by atoms with Crippen LogP contribution < -0.4 is 10.6 Å². The van der Waals surface area contributed by atoms with Crippen molar-refractivity contribution in [1.29, 1.82) is 0 Å². The number of anilines is 2. The van der Waals surface area contributed by atoms with Gasteiger partial charge in [0.1, 0.15) is 5.01 Å². The molecule has 3 amide bonds. The zero-order chi connectivity index (χ0) is 20.9. The predicted octanol–water partition coefficient (Wildman–Crippen LogP) is 4.51. The maximum absolute atomic E-state index is 12.4. The molecule has 3 aromatic rings. The van der Waals surface area contributed by atoms with E-state index in [4.69, 9.17) is 0 Å². The number of nitrogens with one attached hydrogen (secondary N) is 2. The first-order valence-electron chi connectivity index (χ1n) is 9.91. The Kier molecular flexibility index (Phi) is 6.04. The quantitative estimate of drug-likeness (QED) is 0.649. The van der Waals surface area contributed by atoms with Crippen molar-refractivity contribution in [1.82, 2.24) is 15.1 Å². The van der Waals surface area contributed by atoms with E-state index in [1.165, 1.54) is 11.3 Å². The number of hydrogen-bond donors (Lipinski definition) is 2. The van der Waals surface area contributed by atoms with Crippen LogP contribution in [0.5, 0.6) is 0 Å². The molecule has 0 bridgehead atoms. The number of para-hydroxylation sites is 1.